The minimum absolute atomic E-state index is 0.0264. The Morgan fingerprint density at radius 2 is 2.10 bits per heavy atom. The van der Waals surface area contributed by atoms with Crippen LogP contribution in [0.15, 0.2) is 24.3 Å². The van der Waals surface area contributed by atoms with Crippen LogP contribution in [-0.4, -0.2) is 36.5 Å². The Labute approximate surface area is 117 Å². The number of carbonyl (C=O) groups is 1. The fraction of sp³-hybridized carbons (Fsp3) is 0.385. The molecule has 1 amide bonds. The van der Waals surface area contributed by atoms with Crippen molar-refractivity contribution >= 4 is 15.9 Å². The summed E-state index contributed by atoms with van der Waals surface area (Å²) in [6.07, 6.45) is 0. The lowest BCUT2D eigenvalue weighted by molar-refractivity contribution is -0.132. The van der Waals surface area contributed by atoms with Crippen LogP contribution in [0.3, 0.4) is 0 Å². The minimum Gasteiger partial charge on any atom is -0.492 e. The number of nitriles is 1. The summed E-state index contributed by atoms with van der Waals surface area (Å²) in [4.78, 5) is 11.7. The van der Waals surface area contributed by atoms with Gasteiger partial charge >= 0.3 is 0 Å². The molecule has 0 atom stereocenters. The molecule has 7 heteroatoms. The van der Waals surface area contributed by atoms with Gasteiger partial charge in [-0.05, 0) is 32.0 Å². The second-order valence-corrected chi connectivity index (χ2v) is 7.29. The van der Waals surface area contributed by atoms with Gasteiger partial charge in [-0.25, -0.2) is 12.7 Å². The molecule has 0 bridgehead atoms. The number of hydrogen-bond acceptors (Lipinski definition) is 5. The average molecular weight is 294 g/mol. The number of ether oxygens (including phenoxy) is 1. The summed E-state index contributed by atoms with van der Waals surface area (Å²) in [5, 5.41) is 8.75. The summed E-state index contributed by atoms with van der Waals surface area (Å²) < 4.78 is 28.5. The molecule has 1 saturated heterocycles. The van der Waals surface area contributed by atoms with Crippen molar-refractivity contribution in [2.75, 3.05) is 13.2 Å². The second kappa shape index (κ2) is 4.80. The number of nitrogens with zero attached hydrogens (tertiary/aromatic N) is 2. The van der Waals surface area contributed by atoms with E-state index in [4.69, 9.17) is 10.00 Å². The van der Waals surface area contributed by atoms with E-state index in [0.717, 1.165) is 4.31 Å². The molecule has 1 aromatic carbocycles. The van der Waals surface area contributed by atoms with Crippen molar-refractivity contribution < 1.29 is 17.9 Å². The molecule has 1 heterocycles. The fourth-order valence-corrected chi connectivity index (χ4v) is 3.39. The normalized spacial score (nSPS) is 19.1. The monoisotopic (exact) mass is 294 g/mol. The number of benzene rings is 1. The van der Waals surface area contributed by atoms with Gasteiger partial charge in [0.15, 0.2) is 4.75 Å². The molecule has 1 aliphatic heterocycles. The maximum atomic E-state index is 11.8. The highest BCUT2D eigenvalue weighted by atomic mass is 32.2. The molecule has 20 heavy (non-hydrogen) atoms. The zero-order chi connectivity index (χ0) is 15.0. The van der Waals surface area contributed by atoms with Crippen molar-refractivity contribution in [3.05, 3.63) is 29.8 Å². The van der Waals surface area contributed by atoms with Crippen molar-refractivity contribution in [3.8, 4) is 11.8 Å². The Morgan fingerprint density at radius 1 is 1.40 bits per heavy atom. The Kier molecular flexibility index (Phi) is 3.44. The molecule has 1 aromatic rings. The van der Waals surface area contributed by atoms with Crippen molar-refractivity contribution in [2.24, 2.45) is 0 Å². The quantitative estimate of drug-likeness (QED) is 0.823. The van der Waals surface area contributed by atoms with E-state index in [1.165, 1.54) is 13.8 Å². The number of rotatable bonds is 4. The first kappa shape index (κ1) is 14.3. The van der Waals surface area contributed by atoms with E-state index in [1.54, 1.807) is 24.3 Å². The largest absolute Gasteiger partial charge is 0.492 e. The number of sulfonamides is 1. The maximum Gasteiger partial charge on any atom is 0.259 e. The molecule has 0 saturated carbocycles. The van der Waals surface area contributed by atoms with Crippen LogP contribution in [0.5, 0.6) is 5.75 Å². The summed E-state index contributed by atoms with van der Waals surface area (Å²) in [6, 6.07) is 8.50. The second-order valence-electron chi connectivity index (χ2n) is 4.88. The van der Waals surface area contributed by atoms with Crippen LogP contribution in [0.25, 0.3) is 0 Å². The van der Waals surface area contributed by atoms with E-state index < -0.39 is 20.7 Å². The molecule has 0 spiro atoms. The maximum absolute atomic E-state index is 11.8. The van der Waals surface area contributed by atoms with Gasteiger partial charge in [0, 0.05) is 0 Å². The number of hydrogen-bond donors (Lipinski definition) is 0. The minimum atomic E-state index is -3.57. The number of amides is 1. The van der Waals surface area contributed by atoms with Crippen LogP contribution >= 0.6 is 0 Å². The zero-order valence-corrected chi connectivity index (χ0v) is 12.0. The number of carbonyl (C=O) groups excluding carboxylic acids is 1. The van der Waals surface area contributed by atoms with E-state index in [2.05, 4.69) is 0 Å². The van der Waals surface area contributed by atoms with Gasteiger partial charge in [0.2, 0.25) is 0 Å². The third-order valence-corrected chi connectivity index (χ3v) is 5.60. The van der Waals surface area contributed by atoms with Crippen LogP contribution in [-0.2, 0) is 14.8 Å². The van der Waals surface area contributed by atoms with Crippen molar-refractivity contribution in [1.29, 1.82) is 5.26 Å². The third kappa shape index (κ3) is 2.12. The van der Waals surface area contributed by atoms with Crippen LogP contribution in [0.2, 0.25) is 0 Å². The van der Waals surface area contributed by atoms with Gasteiger partial charge in [-0.15, -0.1) is 0 Å². The van der Waals surface area contributed by atoms with Gasteiger partial charge in [0.1, 0.15) is 12.4 Å². The van der Waals surface area contributed by atoms with Crippen molar-refractivity contribution in [2.45, 2.75) is 18.6 Å². The zero-order valence-electron chi connectivity index (χ0n) is 11.2. The van der Waals surface area contributed by atoms with Crippen LogP contribution in [0.4, 0.5) is 0 Å². The molecular formula is C13H14N2O4S. The first-order valence-corrected chi connectivity index (χ1v) is 7.44. The van der Waals surface area contributed by atoms with Crippen LogP contribution in [0, 0.1) is 11.3 Å². The lowest BCUT2D eigenvalue weighted by Crippen LogP contribution is -2.67. The lowest BCUT2D eigenvalue weighted by atomic mass is 10.2. The smallest absolute Gasteiger partial charge is 0.259 e. The standard InChI is InChI=1S/C13H14N2O4S/c1-13(2)12(16)15(20(13,17)18)6-7-19-11-5-3-4-10(8-11)9-14/h3-5,8H,6-7H2,1-2H3. The molecule has 0 N–H and O–H groups in total. The van der Waals surface area contributed by atoms with E-state index >= 15 is 0 Å². The molecule has 0 aromatic heterocycles. The van der Waals surface area contributed by atoms with Crippen LogP contribution < -0.4 is 4.74 Å². The molecule has 2 rings (SSSR count). The first-order chi connectivity index (χ1) is 9.30. The average Bonchev–Trinajstić information content (AvgIpc) is 2.42. The van der Waals surface area contributed by atoms with Gasteiger partial charge in [-0.1, -0.05) is 6.07 Å². The van der Waals surface area contributed by atoms with Gasteiger partial charge in [0.25, 0.3) is 15.9 Å². The van der Waals surface area contributed by atoms with E-state index in [1.807, 2.05) is 6.07 Å². The highest BCUT2D eigenvalue weighted by Gasteiger charge is 2.59. The summed E-state index contributed by atoms with van der Waals surface area (Å²) >= 11 is 0. The Balaban J connectivity index is 1.95. The Hall–Kier alpha value is -2.07. The molecular weight excluding hydrogens is 280 g/mol. The van der Waals surface area contributed by atoms with E-state index in [9.17, 15) is 13.2 Å². The molecule has 0 unspecified atom stereocenters. The molecule has 1 fully saturated rings. The predicted molar refractivity (Wildman–Crippen MR) is 71.4 cm³/mol. The van der Waals surface area contributed by atoms with Crippen molar-refractivity contribution in [1.82, 2.24) is 4.31 Å². The molecule has 0 radical (unpaired) electrons. The Morgan fingerprint density at radius 3 is 2.70 bits per heavy atom. The first-order valence-electron chi connectivity index (χ1n) is 6.00. The van der Waals surface area contributed by atoms with Crippen LogP contribution in [0.1, 0.15) is 19.4 Å². The van der Waals surface area contributed by atoms with Gasteiger partial charge in [-0.3, -0.25) is 4.79 Å². The fourth-order valence-electron chi connectivity index (χ4n) is 1.88. The Bertz CT molecular complexity index is 689. The summed E-state index contributed by atoms with van der Waals surface area (Å²) in [7, 11) is -3.57. The highest BCUT2D eigenvalue weighted by molar-refractivity contribution is 7.94. The molecule has 1 aliphatic rings. The SMILES string of the molecule is CC1(C)C(=O)N(CCOc2cccc(C#N)c2)S1(=O)=O. The van der Waals surface area contributed by atoms with Gasteiger partial charge in [0.05, 0.1) is 18.2 Å². The third-order valence-electron chi connectivity index (χ3n) is 3.20. The summed E-state index contributed by atoms with van der Waals surface area (Å²) in [5.74, 6) is 0.0422. The predicted octanol–water partition coefficient (Wildman–Crippen LogP) is 0.888. The van der Waals surface area contributed by atoms with Crippen molar-refractivity contribution in [3.63, 3.8) is 0 Å². The van der Waals surface area contributed by atoms with E-state index in [-0.39, 0.29) is 13.2 Å². The summed E-state index contributed by atoms with van der Waals surface area (Å²) in [6.45, 7) is 2.80. The van der Waals surface area contributed by atoms with Gasteiger partial charge in [-0.2, -0.15) is 5.26 Å². The topological polar surface area (TPSA) is 87.5 Å². The molecule has 6 nitrogen and oxygen atoms in total. The lowest BCUT2D eigenvalue weighted by Gasteiger charge is -2.42. The molecule has 106 valence electrons. The molecule has 0 aliphatic carbocycles. The van der Waals surface area contributed by atoms with Gasteiger partial charge < -0.3 is 4.74 Å². The van der Waals surface area contributed by atoms with E-state index in [0.29, 0.717) is 11.3 Å². The summed E-state index contributed by atoms with van der Waals surface area (Å²) in [5.41, 5.74) is 0.455. The highest BCUT2D eigenvalue weighted by Crippen LogP contribution is 2.34.